The second-order valence-corrected chi connectivity index (χ2v) is 13.8. The molecule has 2 N–H and O–H groups in total. The molecule has 7 rings (SSSR count). The summed E-state index contributed by atoms with van der Waals surface area (Å²) in [7, 11) is 0. The summed E-state index contributed by atoms with van der Waals surface area (Å²) in [6, 6.07) is 21.7. The molecule has 270 valence electrons. The molecule has 0 radical (unpaired) electrons. The average molecular weight is 823 g/mol. The Bertz CT molecular complexity index is 2280. The lowest BCUT2D eigenvalue weighted by molar-refractivity contribution is -0.697. The van der Waals surface area contributed by atoms with Crippen LogP contribution in [0.15, 0.2) is 85.5 Å². The van der Waals surface area contributed by atoms with Crippen molar-refractivity contribution in [1.82, 2.24) is 19.9 Å². The summed E-state index contributed by atoms with van der Waals surface area (Å²) in [5.41, 5.74) is 19.2. The van der Waals surface area contributed by atoms with Crippen LogP contribution in [-0.4, -0.2) is 19.9 Å². The largest absolute Gasteiger partial charge is 1.00 e. The molecule has 2 aliphatic rings. The van der Waals surface area contributed by atoms with Crippen LogP contribution in [0.5, 0.6) is 0 Å². The Balaban J connectivity index is 0.00000261. The van der Waals surface area contributed by atoms with E-state index in [0.29, 0.717) is 0 Å². The quantitative estimate of drug-likeness (QED) is 0.212. The van der Waals surface area contributed by atoms with Gasteiger partial charge >= 0.3 is 0 Å². The smallest absolute Gasteiger partial charge is 0.168 e. The van der Waals surface area contributed by atoms with Crippen molar-refractivity contribution in [3.63, 3.8) is 0 Å². The first-order valence-electron chi connectivity index (χ1n) is 18.4. The van der Waals surface area contributed by atoms with E-state index < -0.39 is 0 Å². The molecule has 0 aromatic carbocycles. The zero-order valence-electron chi connectivity index (χ0n) is 31.3. The van der Waals surface area contributed by atoms with E-state index in [9.17, 15) is 0 Å². The minimum Gasteiger partial charge on any atom is -1.00 e. The SMILES string of the molecule is CCc1c(C)c2cc3[nH]c(cc4nc(cc5nc(cc1[nH]2)C(C)=C5CCC[n+]1ccccc1)C(CCC[n+]1ccccc1)=C4C)c(C)c3CC.[Br-].[Br-]. The zero-order valence-corrected chi connectivity index (χ0v) is 34.5. The topological polar surface area (TPSA) is 65.1 Å². The van der Waals surface area contributed by atoms with Crippen molar-refractivity contribution >= 4 is 44.4 Å². The lowest BCUT2D eigenvalue weighted by Crippen LogP contribution is -3.00. The summed E-state index contributed by atoms with van der Waals surface area (Å²) in [6.07, 6.45) is 14.5. The molecule has 0 amide bonds. The molecule has 0 spiro atoms. The molecule has 5 aromatic rings. The van der Waals surface area contributed by atoms with Gasteiger partial charge in [-0.05, 0) is 122 Å². The number of nitrogens with zero attached hydrogens (tertiary/aromatic N) is 4. The summed E-state index contributed by atoms with van der Waals surface area (Å²) in [6.45, 7) is 15.4. The highest BCUT2D eigenvalue weighted by molar-refractivity contribution is 5.95. The summed E-state index contributed by atoms with van der Waals surface area (Å²) < 4.78 is 4.53. The number of aromatic nitrogens is 6. The molecule has 0 saturated heterocycles. The Hall–Kier alpha value is -4.14. The average Bonchev–Trinajstić information content (AvgIpc) is 3.79. The second-order valence-electron chi connectivity index (χ2n) is 13.8. The minimum absolute atomic E-state index is 0. The molecule has 5 aromatic heterocycles. The van der Waals surface area contributed by atoms with Gasteiger partial charge in [0.05, 0.1) is 22.8 Å². The standard InChI is InChI=1S/C44H50N6.2BrH/c1-7-33-29(3)37-25-38-31(5)35(17-15-23-49-19-11-9-12-20-49)43(47-38)28-44-36(18-16-24-50-21-13-10-14-22-50)32(6)40(48-44)27-42-34(8-2)30(4)39(46-42)26-41(33)45-37;;/h9-14,19-22,25-28,45-46H,7-8,15-18,23-24H2,1-6H3;2*1H/q+2;;/p-2. The number of halogens is 2. The van der Waals surface area contributed by atoms with Crippen molar-refractivity contribution < 1.29 is 43.1 Å². The van der Waals surface area contributed by atoms with E-state index in [2.05, 4.69) is 146 Å². The third kappa shape index (κ3) is 7.93. The highest BCUT2D eigenvalue weighted by Crippen LogP contribution is 2.38. The van der Waals surface area contributed by atoms with Crippen LogP contribution in [-0.2, 0) is 25.9 Å². The molecule has 0 atom stereocenters. The van der Waals surface area contributed by atoms with E-state index in [1.807, 2.05) is 0 Å². The number of pyridine rings is 2. The fourth-order valence-corrected chi connectivity index (χ4v) is 7.80. The number of rotatable bonds is 10. The van der Waals surface area contributed by atoms with E-state index in [1.54, 1.807) is 0 Å². The Labute approximate surface area is 329 Å². The number of fused-ring (bicyclic) bond motifs is 8. The number of H-pyrrole nitrogens is 2. The second kappa shape index (κ2) is 17.1. The zero-order chi connectivity index (χ0) is 34.8. The van der Waals surface area contributed by atoms with Crippen molar-refractivity contribution in [2.45, 2.75) is 93.2 Å². The van der Waals surface area contributed by atoms with E-state index in [1.165, 1.54) is 50.1 Å². The third-order valence-corrected chi connectivity index (χ3v) is 10.7. The predicted octanol–water partition coefficient (Wildman–Crippen LogP) is 3.46. The maximum atomic E-state index is 5.38. The lowest BCUT2D eigenvalue weighted by Gasteiger charge is -2.06. The third-order valence-electron chi connectivity index (χ3n) is 10.7. The van der Waals surface area contributed by atoms with Crippen LogP contribution in [0.3, 0.4) is 0 Å². The number of allylic oxidation sites excluding steroid dienone is 4. The molecule has 6 nitrogen and oxygen atoms in total. The van der Waals surface area contributed by atoms with Crippen LogP contribution >= 0.6 is 0 Å². The van der Waals surface area contributed by atoms with Gasteiger partial charge in [0.25, 0.3) is 0 Å². The van der Waals surface area contributed by atoms with E-state index >= 15 is 0 Å². The summed E-state index contributed by atoms with van der Waals surface area (Å²) >= 11 is 0. The molecule has 7 heterocycles. The van der Waals surface area contributed by atoms with Crippen molar-refractivity contribution in [2.24, 2.45) is 0 Å². The normalized spacial score (nSPS) is 12.6. The summed E-state index contributed by atoms with van der Waals surface area (Å²) in [5, 5.41) is 0. The molecule has 0 unspecified atom stereocenters. The first-order valence-corrected chi connectivity index (χ1v) is 18.4. The molecule has 8 bridgehead atoms. The minimum atomic E-state index is 0. The van der Waals surface area contributed by atoms with Gasteiger partial charge < -0.3 is 43.9 Å². The van der Waals surface area contributed by atoms with Gasteiger partial charge in [-0.25, -0.2) is 19.1 Å². The molecule has 0 aliphatic carbocycles. The maximum Gasteiger partial charge on any atom is 0.168 e. The Morgan fingerprint density at radius 2 is 0.904 bits per heavy atom. The van der Waals surface area contributed by atoms with E-state index in [-0.39, 0.29) is 34.0 Å². The Morgan fingerprint density at radius 3 is 1.35 bits per heavy atom. The van der Waals surface area contributed by atoms with Crippen molar-refractivity contribution in [3.8, 4) is 0 Å². The molecule has 8 heteroatoms. The van der Waals surface area contributed by atoms with Crippen LogP contribution < -0.4 is 43.1 Å². The number of aromatic amines is 2. The fourth-order valence-electron chi connectivity index (χ4n) is 7.80. The number of aryl methyl sites for hydroxylation is 6. The van der Waals surface area contributed by atoms with Gasteiger partial charge in [-0.3, -0.25) is 0 Å². The van der Waals surface area contributed by atoms with Crippen LogP contribution in [0, 0.1) is 13.8 Å². The van der Waals surface area contributed by atoms with Crippen LogP contribution in [0.25, 0.3) is 44.4 Å². The molecule has 2 aliphatic heterocycles. The molecule has 52 heavy (non-hydrogen) atoms. The van der Waals surface area contributed by atoms with E-state index in [4.69, 9.17) is 9.97 Å². The van der Waals surface area contributed by atoms with Gasteiger partial charge in [0, 0.05) is 59.2 Å². The van der Waals surface area contributed by atoms with Gasteiger partial charge in [-0.2, -0.15) is 0 Å². The van der Waals surface area contributed by atoms with Gasteiger partial charge in [-0.15, -0.1) is 0 Å². The number of hydrogen-bond acceptors (Lipinski definition) is 2. The first-order chi connectivity index (χ1) is 24.3. The van der Waals surface area contributed by atoms with Crippen LogP contribution in [0.2, 0.25) is 0 Å². The van der Waals surface area contributed by atoms with E-state index in [0.717, 1.165) is 90.9 Å². The van der Waals surface area contributed by atoms with Crippen molar-refractivity contribution in [1.29, 1.82) is 0 Å². The molecular weight excluding hydrogens is 772 g/mol. The molecular formula is C44H50Br2N6. The lowest BCUT2D eigenvalue weighted by atomic mass is 9.98. The fraction of sp³-hybridized carbons (Fsp3) is 0.318. The monoisotopic (exact) mass is 820 g/mol. The van der Waals surface area contributed by atoms with Crippen molar-refractivity contribution in [2.75, 3.05) is 0 Å². The number of hydrogen-bond donors (Lipinski definition) is 2. The first kappa shape index (κ1) is 39.1. The molecule has 0 saturated carbocycles. The Kier molecular flexibility index (Phi) is 12.9. The highest BCUT2D eigenvalue weighted by Gasteiger charge is 2.22. The highest BCUT2D eigenvalue weighted by atomic mass is 79.9. The van der Waals surface area contributed by atoms with Crippen LogP contribution in [0.4, 0.5) is 0 Å². The van der Waals surface area contributed by atoms with Crippen LogP contribution in [0.1, 0.15) is 98.4 Å². The van der Waals surface area contributed by atoms with Gasteiger partial charge in [0.15, 0.2) is 24.8 Å². The van der Waals surface area contributed by atoms with Crippen molar-refractivity contribution in [3.05, 3.63) is 130 Å². The number of nitrogens with one attached hydrogen (secondary N) is 2. The van der Waals surface area contributed by atoms with Gasteiger partial charge in [0.1, 0.15) is 13.1 Å². The summed E-state index contributed by atoms with van der Waals surface area (Å²) in [4.78, 5) is 18.4. The maximum absolute atomic E-state index is 5.38. The van der Waals surface area contributed by atoms with Gasteiger partial charge in [0.2, 0.25) is 0 Å². The predicted molar refractivity (Wildman–Crippen MR) is 206 cm³/mol. The Morgan fingerprint density at radius 1 is 0.500 bits per heavy atom. The summed E-state index contributed by atoms with van der Waals surface area (Å²) in [5.74, 6) is 0. The molecule has 0 fully saturated rings. The van der Waals surface area contributed by atoms with Gasteiger partial charge in [-0.1, -0.05) is 26.0 Å².